The molecule has 3 aromatic rings. The molecule has 1 fully saturated rings. The van der Waals surface area contributed by atoms with E-state index in [0.29, 0.717) is 23.8 Å². The number of nitrogens with two attached hydrogens (primary N) is 1. The van der Waals surface area contributed by atoms with Gasteiger partial charge in [-0.15, -0.1) is 0 Å². The molecule has 0 spiro atoms. The summed E-state index contributed by atoms with van der Waals surface area (Å²) in [7, 11) is 0. The molecule has 1 saturated heterocycles. The van der Waals surface area contributed by atoms with E-state index in [1.54, 1.807) is 0 Å². The Kier molecular flexibility index (Phi) is 18.5. The molecule has 0 radical (unpaired) electrons. The fourth-order valence-electron chi connectivity index (χ4n) is 8.93. The van der Waals surface area contributed by atoms with Crippen LogP contribution in [0.2, 0.25) is 0 Å². The molecule has 70 heavy (non-hydrogen) atoms. The Morgan fingerprint density at radius 1 is 0.657 bits per heavy atom. The number of hydrogen-bond donors (Lipinski definition) is 1. The number of rotatable bonds is 20. The number of ether oxygens (including phenoxy) is 3. The molecule has 3 amide bonds. The van der Waals surface area contributed by atoms with Gasteiger partial charge in [-0.3, -0.25) is 24.0 Å². The number of benzene rings is 3. The highest BCUT2D eigenvalue weighted by atomic mass is 32.2. The van der Waals surface area contributed by atoms with Gasteiger partial charge in [0, 0.05) is 12.8 Å². The monoisotopic (exact) mass is 1030 g/mol. The van der Waals surface area contributed by atoms with Crippen LogP contribution in [0.1, 0.15) is 132 Å². The summed E-state index contributed by atoms with van der Waals surface area (Å²) in [6, 6.07) is 18.8. The molecule has 12 nitrogen and oxygen atoms in total. The van der Waals surface area contributed by atoms with Crippen molar-refractivity contribution in [2.45, 2.75) is 153 Å². The first kappa shape index (κ1) is 54.7. The van der Waals surface area contributed by atoms with E-state index in [9.17, 15) is 28.8 Å². The summed E-state index contributed by atoms with van der Waals surface area (Å²) in [5.41, 5.74) is 7.05. The number of thioether (sulfide) groups is 4. The summed E-state index contributed by atoms with van der Waals surface area (Å²) in [6.07, 6.45) is 5.22. The van der Waals surface area contributed by atoms with Gasteiger partial charge in [0.05, 0.1) is 47.8 Å². The minimum Gasteiger partial charge on any atom is -0.462 e. The first-order valence-electron chi connectivity index (χ1n) is 24.1. The molecule has 3 heterocycles. The molecule has 16 heteroatoms. The van der Waals surface area contributed by atoms with Crippen molar-refractivity contribution in [2.75, 3.05) is 6.61 Å². The van der Waals surface area contributed by atoms with Crippen LogP contribution >= 0.6 is 47.0 Å². The molecule has 0 aliphatic carbocycles. The Morgan fingerprint density at radius 2 is 1.09 bits per heavy atom. The predicted octanol–water partition coefficient (Wildman–Crippen LogP) is 12.5. The van der Waals surface area contributed by atoms with E-state index < -0.39 is 35.6 Å². The van der Waals surface area contributed by atoms with Gasteiger partial charge >= 0.3 is 17.9 Å². The van der Waals surface area contributed by atoms with Gasteiger partial charge in [-0.05, 0) is 59.0 Å². The van der Waals surface area contributed by atoms with E-state index in [1.807, 2.05) is 81.4 Å². The van der Waals surface area contributed by atoms with Crippen LogP contribution in [0.3, 0.4) is 0 Å². The number of carbonyl (C=O) groups is 6. The second-order valence-corrected chi connectivity index (χ2v) is 25.5. The number of fused-ring (bicyclic) bond motifs is 2. The standard InChI is InChI=1S/C54H67N3O9S4/c1-11-13-20-34(12-2)31-64-50(63)39(47(55)60)51-67-43-41(65-37(58)25-32(3)27-53(5,6)7)45-46(42(44(43)68-51)66-38(59)26-33(4)28-54(8,9)10)70-52(69-45)40-48(61)56(29-35-21-16-14-17-22-35)57(49(40)62)30-36-23-18-15-19-24-36/h14-19,21-24,32-34H,11-13,20,25-31H2,1-10H3,(H2,55,60). The molecule has 0 aromatic heterocycles. The SMILES string of the molecule is CCCCC(CC)COC(=O)C(C(N)=O)=C1Sc2c(OC(=O)CC(C)CC(C)(C)C)c3c(c(OC(=O)CC(C)CC(C)(C)C)c2S1)SC(=C1C(=O)N(Cc2ccccc2)N(Cc2ccccc2)C1=O)S3. The molecule has 0 bridgehead atoms. The number of amides is 3. The Morgan fingerprint density at radius 3 is 1.47 bits per heavy atom. The lowest BCUT2D eigenvalue weighted by atomic mass is 9.84. The minimum atomic E-state index is -1.000. The summed E-state index contributed by atoms with van der Waals surface area (Å²) in [6.45, 7) is 21.1. The molecule has 2 N–H and O–H groups in total. The summed E-state index contributed by atoms with van der Waals surface area (Å²) in [5.74, 6) is -3.77. The van der Waals surface area contributed by atoms with Gasteiger partial charge in [0.15, 0.2) is 11.5 Å². The zero-order valence-electron chi connectivity index (χ0n) is 42.1. The third-order valence-corrected chi connectivity index (χ3v) is 17.0. The second kappa shape index (κ2) is 23.7. The highest BCUT2D eigenvalue weighted by Gasteiger charge is 2.47. The normalized spacial score (nSPS) is 16.0. The van der Waals surface area contributed by atoms with Crippen molar-refractivity contribution >= 4 is 82.7 Å². The van der Waals surface area contributed by atoms with Crippen LogP contribution in [-0.2, 0) is 46.6 Å². The maximum Gasteiger partial charge on any atom is 0.345 e. The van der Waals surface area contributed by atoms with E-state index in [0.717, 1.165) is 96.7 Å². The van der Waals surface area contributed by atoms with Gasteiger partial charge in [-0.1, -0.05) is 196 Å². The van der Waals surface area contributed by atoms with Crippen LogP contribution in [0.5, 0.6) is 11.5 Å². The van der Waals surface area contributed by atoms with Crippen LogP contribution in [0.15, 0.2) is 99.9 Å². The van der Waals surface area contributed by atoms with Crippen molar-refractivity contribution in [3.63, 3.8) is 0 Å². The minimum absolute atomic E-state index is 0.0541. The molecule has 0 saturated carbocycles. The van der Waals surface area contributed by atoms with E-state index in [1.165, 1.54) is 10.0 Å². The van der Waals surface area contributed by atoms with Crippen molar-refractivity contribution in [3.05, 3.63) is 91.4 Å². The zero-order chi connectivity index (χ0) is 51.1. The molecule has 376 valence electrons. The van der Waals surface area contributed by atoms with E-state index in [2.05, 4.69) is 48.5 Å². The van der Waals surface area contributed by atoms with Crippen molar-refractivity contribution in [1.29, 1.82) is 0 Å². The number of primary amides is 1. The number of esters is 3. The molecule has 3 aliphatic rings. The lowest BCUT2D eigenvalue weighted by molar-refractivity contribution is -0.149. The average Bonchev–Trinajstić information content (AvgIpc) is 3.96. The third kappa shape index (κ3) is 14.1. The molecule has 3 atom stereocenters. The maximum atomic E-state index is 14.8. The van der Waals surface area contributed by atoms with Crippen molar-refractivity contribution in [1.82, 2.24) is 10.0 Å². The lowest BCUT2D eigenvalue weighted by Gasteiger charge is -2.27. The average molecular weight is 1030 g/mol. The van der Waals surface area contributed by atoms with Crippen LogP contribution in [-0.4, -0.2) is 52.3 Å². The molecule has 3 unspecified atom stereocenters. The Labute approximate surface area is 430 Å². The van der Waals surface area contributed by atoms with Gasteiger partial charge in [-0.25, -0.2) is 14.8 Å². The van der Waals surface area contributed by atoms with Gasteiger partial charge in [0.2, 0.25) is 0 Å². The number of nitrogens with zero attached hydrogens (tertiary/aromatic N) is 2. The zero-order valence-corrected chi connectivity index (χ0v) is 45.3. The Balaban J connectivity index is 1.50. The van der Waals surface area contributed by atoms with Crippen LogP contribution in [0.25, 0.3) is 0 Å². The highest BCUT2D eigenvalue weighted by Crippen LogP contribution is 2.69. The Bertz CT molecular complexity index is 2390. The number of hydrogen-bond acceptors (Lipinski definition) is 13. The van der Waals surface area contributed by atoms with Crippen molar-refractivity contribution in [2.24, 2.45) is 34.3 Å². The summed E-state index contributed by atoms with van der Waals surface area (Å²) in [5, 5.41) is 2.90. The summed E-state index contributed by atoms with van der Waals surface area (Å²) >= 11 is 4.17. The molecular formula is C54H67N3O9S4. The van der Waals surface area contributed by atoms with Gasteiger partial charge in [0.1, 0.15) is 11.1 Å². The smallest absolute Gasteiger partial charge is 0.345 e. The van der Waals surface area contributed by atoms with Crippen LogP contribution in [0.4, 0.5) is 0 Å². The van der Waals surface area contributed by atoms with Crippen molar-refractivity contribution < 1.29 is 43.0 Å². The molecule has 3 aromatic carbocycles. The highest BCUT2D eigenvalue weighted by molar-refractivity contribution is 8.26. The first-order valence-corrected chi connectivity index (χ1v) is 27.4. The molecule has 3 aliphatic heterocycles. The summed E-state index contributed by atoms with van der Waals surface area (Å²) < 4.78 is 19.1. The fraction of sp³-hybridized carbons (Fsp3) is 0.481. The summed E-state index contributed by atoms with van der Waals surface area (Å²) in [4.78, 5) is 86.3. The predicted molar refractivity (Wildman–Crippen MR) is 278 cm³/mol. The number of unbranched alkanes of at least 4 members (excludes halogenated alkanes) is 1. The fourth-order valence-corrected chi connectivity index (χ4v) is 14.4. The van der Waals surface area contributed by atoms with E-state index in [-0.39, 0.29) is 88.0 Å². The van der Waals surface area contributed by atoms with Crippen LogP contribution < -0.4 is 15.2 Å². The largest absolute Gasteiger partial charge is 0.462 e. The lowest BCUT2D eigenvalue weighted by Crippen LogP contribution is -2.39. The third-order valence-electron chi connectivity index (χ3n) is 11.8. The Hall–Kier alpha value is -4.64. The number of carbonyl (C=O) groups excluding carboxylic acids is 6. The second-order valence-electron chi connectivity index (χ2n) is 20.9. The molecular weight excluding hydrogens is 963 g/mol. The van der Waals surface area contributed by atoms with Crippen LogP contribution in [0, 0.1) is 28.6 Å². The van der Waals surface area contributed by atoms with Gasteiger partial charge < -0.3 is 19.9 Å². The maximum absolute atomic E-state index is 14.8. The van der Waals surface area contributed by atoms with Crippen molar-refractivity contribution in [3.8, 4) is 11.5 Å². The molecule has 6 rings (SSSR count). The van der Waals surface area contributed by atoms with E-state index in [4.69, 9.17) is 19.9 Å². The van der Waals surface area contributed by atoms with Gasteiger partial charge in [-0.2, -0.15) is 0 Å². The topological polar surface area (TPSA) is 163 Å². The number of hydrazine groups is 1. The first-order chi connectivity index (χ1) is 33.1. The quantitative estimate of drug-likeness (QED) is 0.0374. The van der Waals surface area contributed by atoms with Gasteiger partial charge in [0.25, 0.3) is 17.7 Å². The van der Waals surface area contributed by atoms with E-state index >= 15 is 0 Å².